The van der Waals surface area contributed by atoms with E-state index in [4.69, 9.17) is 9.52 Å². The average molecular weight is 251 g/mol. The van der Waals surface area contributed by atoms with Gasteiger partial charge in [-0.15, -0.1) is 10.2 Å². The highest BCUT2D eigenvalue weighted by Crippen LogP contribution is 2.24. The summed E-state index contributed by atoms with van der Waals surface area (Å²) in [6.07, 6.45) is 1.62. The smallest absolute Gasteiger partial charge is 0.316 e. The van der Waals surface area contributed by atoms with Crippen molar-refractivity contribution < 1.29 is 14.3 Å². The molecule has 0 radical (unpaired) electrons. The lowest BCUT2D eigenvalue weighted by molar-refractivity contribution is -0.136. The number of hydrogen-bond acceptors (Lipinski definition) is 6. The minimum Gasteiger partial charge on any atom is -0.480 e. The molecule has 88 valence electrons. The Hall–Kier alpha value is -1.89. The Morgan fingerprint density at radius 2 is 2.29 bits per heavy atom. The molecule has 0 bridgehead atoms. The Kier molecular flexibility index (Phi) is 3.38. The fourth-order valence-corrected chi connectivity index (χ4v) is 1.67. The van der Waals surface area contributed by atoms with Crippen LogP contribution in [0.3, 0.4) is 0 Å². The van der Waals surface area contributed by atoms with Crippen molar-refractivity contribution in [3.05, 3.63) is 24.4 Å². The molecule has 0 aromatic carbocycles. The Morgan fingerprint density at radius 3 is 2.94 bits per heavy atom. The van der Waals surface area contributed by atoms with E-state index < -0.39 is 11.2 Å². The van der Waals surface area contributed by atoms with Crippen LogP contribution in [0.15, 0.2) is 34.0 Å². The third-order valence-electron chi connectivity index (χ3n) is 1.92. The van der Waals surface area contributed by atoms with Crippen molar-refractivity contribution in [3.63, 3.8) is 0 Å². The Morgan fingerprint density at radius 1 is 1.47 bits per heavy atom. The van der Waals surface area contributed by atoms with E-state index in [-0.39, 0.29) is 11.1 Å². The van der Waals surface area contributed by atoms with Gasteiger partial charge in [0.15, 0.2) is 0 Å². The largest absolute Gasteiger partial charge is 0.480 e. The fraction of sp³-hybridized carbons (Fsp3) is 0.200. The summed E-state index contributed by atoms with van der Waals surface area (Å²) in [7, 11) is 0. The van der Waals surface area contributed by atoms with Crippen LogP contribution in [0.2, 0.25) is 0 Å². The van der Waals surface area contributed by atoms with Gasteiger partial charge in [-0.3, -0.25) is 9.78 Å². The van der Waals surface area contributed by atoms with Crippen LogP contribution in [0.25, 0.3) is 11.6 Å². The minimum atomic E-state index is -0.924. The number of thioether (sulfide) groups is 1. The summed E-state index contributed by atoms with van der Waals surface area (Å²) in [6, 6.07) is 5.32. The lowest BCUT2D eigenvalue weighted by atomic mass is 10.3. The standard InChI is InChI=1S/C10H9N3O3S/c1-6(9(14)15)17-10-13-12-8(16-10)7-4-2-3-5-11-7/h2-6H,1H3,(H,14,15)/t6-/m1/s1. The summed E-state index contributed by atoms with van der Waals surface area (Å²) >= 11 is 1.000. The first-order valence-corrected chi connectivity index (χ1v) is 5.69. The maximum Gasteiger partial charge on any atom is 0.316 e. The molecule has 2 aromatic rings. The normalized spacial score (nSPS) is 12.3. The van der Waals surface area contributed by atoms with Gasteiger partial charge in [-0.2, -0.15) is 0 Å². The van der Waals surface area contributed by atoms with E-state index in [1.54, 1.807) is 31.3 Å². The van der Waals surface area contributed by atoms with Gasteiger partial charge in [-0.05, 0) is 19.1 Å². The third-order valence-corrected chi connectivity index (χ3v) is 2.84. The van der Waals surface area contributed by atoms with Gasteiger partial charge in [0.1, 0.15) is 10.9 Å². The highest BCUT2D eigenvalue weighted by Gasteiger charge is 2.17. The predicted molar refractivity (Wildman–Crippen MR) is 60.5 cm³/mol. The van der Waals surface area contributed by atoms with E-state index in [1.807, 2.05) is 0 Å². The first kappa shape index (κ1) is 11.6. The van der Waals surface area contributed by atoms with Crippen LogP contribution in [0.1, 0.15) is 6.92 Å². The second-order valence-corrected chi connectivity index (χ2v) is 4.48. The number of hydrogen-bond donors (Lipinski definition) is 1. The topological polar surface area (TPSA) is 89.1 Å². The summed E-state index contributed by atoms with van der Waals surface area (Å²) in [6.45, 7) is 1.55. The molecule has 0 fully saturated rings. The maximum absolute atomic E-state index is 10.7. The lowest BCUT2D eigenvalue weighted by Crippen LogP contribution is -2.10. The lowest BCUT2D eigenvalue weighted by Gasteiger charge is -1.99. The summed E-state index contributed by atoms with van der Waals surface area (Å²) in [4.78, 5) is 14.7. The zero-order chi connectivity index (χ0) is 12.3. The Balaban J connectivity index is 2.14. The molecule has 0 spiro atoms. The van der Waals surface area contributed by atoms with Crippen LogP contribution in [0.5, 0.6) is 0 Å². The molecule has 2 heterocycles. The molecule has 0 saturated heterocycles. The summed E-state index contributed by atoms with van der Waals surface area (Å²) < 4.78 is 5.31. The van der Waals surface area contributed by atoms with Crippen LogP contribution >= 0.6 is 11.8 Å². The van der Waals surface area contributed by atoms with E-state index in [9.17, 15) is 4.79 Å². The number of aromatic nitrogens is 3. The molecule has 1 atom stereocenters. The molecule has 7 heteroatoms. The summed E-state index contributed by atoms with van der Waals surface area (Å²) in [5.41, 5.74) is 0.565. The molecule has 17 heavy (non-hydrogen) atoms. The van der Waals surface area contributed by atoms with E-state index >= 15 is 0 Å². The van der Waals surface area contributed by atoms with Gasteiger partial charge in [-0.25, -0.2) is 0 Å². The second-order valence-electron chi connectivity index (χ2n) is 3.19. The van der Waals surface area contributed by atoms with Gasteiger partial charge in [0, 0.05) is 6.20 Å². The zero-order valence-electron chi connectivity index (χ0n) is 8.90. The monoisotopic (exact) mass is 251 g/mol. The molecule has 0 saturated carbocycles. The van der Waals surface area contributed by atoms with Crippen LogP contribution < -0.4 is 0 Å². The SMILES string of the molecule is C[C@@H](Sc1nnc(-c2ccccn2)o1)C(=O)O. The molecule has 1 N–H and O–H groups in total. The number of nitrogens with zero attached hydrogens (tertiary/aromatic N) is 3. The molecular weight excluding hydrogens is 242 g/mol. The Bertz CT molecular complexity index is 515. The fourth-order valence-electron chi connectivity index (χ4n) is 1.05. The highest BCUT2D eigenvalue weighted by atomic mass is 32.2. The molecule has 0 aliphatic rings. The van der Waals surface area contributed by atoms with Gasteiger partial charge in [0.25, 0.3) is 11.1 Å². The summed E-state index contributed by atoms with van der Waals surface area (Å²) in [5, 5.41) is 15.9. The predicted octanol–water partition coefficient (Wildman–Crippen LogP) is 1.70. The quantitative estimate of drug-likeness (QED) is 0.827. The van der Waals surface area contributed by atoms with Gasteiger partial charge in [-0.1, -0.05) is 17.8 Å². The minimum absolute atomic E-state index is 0.223. The number of carbonyl (C=O) groups is 1. The number of rotatable bonds is 4. The summed E-state index contributed by atoms with van der Waals surface area (Å²) in [5.74, 6) is -0.640. The molecule has 2 aromatic heterocycles. The van der Waals surface area contributed by atoms with Crippen molar-refractivity contribution in [1.82, 2.24) is 15.2 Å². The molecule has 2 rings (SSSR count). The zero-order valence-corrected chi connectivity index (χ0v) is 9.72. The molecule has 0 amide bonds. The van der Waals surface area contributed by atoms with E-state index in [1.165, 1.54) is 0 Å². The van der Waals surface area contributed by atoms with Crippen molar-refractivity contribution in [2.45, 2.75) is 17.4 Å². The maximum atomic E-state index is 10.7. The number of carboxylic acid groups (broad SMARTS) is 1. The van der Waals surface area contributed by atoms with Gasteiger partial charge < -0.3 is 9.52 Å². The van der Waals surface area contributed by atoms with Gasteiger partial charge >= 0.3 is 5.97 Å². The van der Waals surface area contributed by atoms with E-state index in [0.717, 1.165) is 11.8 Å². The van der Waals surface area contributed by atoms with Crippen LogP contribution in [0.4, 0.5) is 0 Å². The average Bonchev–Trinajstić information content (AvgIpc) is 2.78. The van der Waals surface area contributed by atoms with Crippen molar-refractivity contribution in [3.8, 4) is 11.6 Å². The van der Waals surface area contributed by atoms with Crippen LogP contribution in [-0.2, 0) is 4.79 Å². The first-order valence-electron chi connectivity index (χ1n) is 4.81. The molecule has 6 nitrogen and oxygen atoms in total. The van der Waals surface area contributed by atoms with E-state index in [0.29, 0.717) is 5.69 Å². The third kappa shape index (κ3) is 2.82. The molecule has 0 aliphatic heterocycles. The highest BCUT2D eigenvalue weighted by molar-refractivity contribution is 8.00. The first-order chi connectivity index (χ1) is 8.16. The number of pyridine rings is 1. The van der Waals surface area contributed by atoms with Crippen LogP contribution in [-0.4, -0.2) is 31.5 Å². The van der Waals surface area contributed by atoms with Crippen molar-refractivity contribution >= 4 is 17.7 Å². The van der Waals surface area contributed by atoms with Crippen molar-refractivity contribution in [2.75, 3.05) is 0 Å². The molecule has 0 unspecified atom stereocenters. The number of aliphatic carboxylic acids is 1. The van der Waals surface area contributed by atoms with Gasteiger partial charge in [0.2, 0.25) is 0 Å². The van der Waals surface area contributed by atoms with Gasteiger partial charge in [0.05, 0.1) is 0 Å². The van der Waals surface area contributed by atoms with Crippen LogP contribution in [0, 0.1) is 0 Å². The molecular formula is C10H9N3O3S. The van der Waals surface area contributed by atoms with Crippen molar-refractivity contribution in [2.24, 2.45) is 0 Å². The number of carboxylic acids is 1. The van der Waals surface area contributed by atoms with Crippen molar-refractivity contribution in [1.29, 1.82) is 0 Å². The Labute approximate surface area is 101 Å². The molecule has 0 aliphatic carbocycles. The second kappa shape index (κ2) is 4.96. The van der Waals surface area contributed by atoms with E-state index in [2.05, 4.69) is 15.2 Å².